The van der Waals surface area contributed by atoms with Crippen LogP contribution in [0.1, 0.15) is 63.4 Å². The predicted molar refractivity (Wildman–Crippen MR) is 244 cm³/mol. The maximum Gasteiger partial charge on any atom is 0.426 e. The van der Waals surface area contributed by atoms with E-state index in [2.05, 4.69) is 72.8 Å². The van der Waals surface area contributed by atoms with Crippen molar-refractivity contribution in [3.05, 3.63) is 206 Å². The van der Waals surface area contributed by atoms with Crippen LogP contribution in [0.25, 0.3) is 33.4 Å². The van der Waals surface area contributed by atoms with Crippen LogP contribution in [0.2, 0.25) is 0 Å². The second kappa shape index (κ2) is 21.6. The van der Waals surface area contributed by atoms with Crippen molar-refractivity contribution < 1.29 is 27.0 Å². The Balaban J connectivity index is 0.000000141. The third-order valence-electron chi connectivity index (χ3n) is 12.0. The zero-order chi connectivity index (χ0) is 43.0. The Morgan fingerprint density at radius 2 is 0.645 bits per heavy atom. The molecule has 0 atom stereocenters. The minimum Gasteiger partial charge on any atom is -0.432 e. The lowest BCUT2D eigenvalue weighted by molar-refractivity contribution is -0.224. The zero-order valence-corrected chi connectivity index (χ0v) is 35.0. The van der Waals surface area contributed by atoms with Crippen molar-refractivity contribution in [2.75, 3.05) is 0 Å². The van der Waals surface area contributed by atoms with E-state index in [1.54, 1.807) is 60.7 Å². The van der Waals surface area contributed by atoms with Gasteiger partial charge in [0, 0.05) is 0 Å². The highest BCUT2D eigenvalue weighted by atomic mass is 19.3. The van der Waals surface area contributed by atoms with Gasteiger partial charge in [0.05, 0.1) is 11.5 Å². The molecule has 0 amide bonds. The highest BCUT2D eigenvalue weighted by Crippen LogP contribution is 2.45. The molecular formula is C56H54F4O2. The van der Waals surface area contributed by atoms with E-state index < -0.39 is 18.1 Å². The Morgan fingerprint density at radius 3 is 1.05 bits per heavy atom. The van der Waals surface area contributed by atoms with Gasteiger partial charge in [0.1, 0.15) is 11.5 Å². The first-order valence-electron chi connectivity index (χ1n) is 21.8. The van der Waals surface area contributed by atoms with Gasteiger partial charge >= 0.3 is 12.2 Å². The fourth-order valence-corrected chi connectivity index (χ4v) is 8.56. The van der Waals surface area contributed by atoms with E-state index in [1.807, 2.05) is 42.5 Å². The van der Waals surface area contributed by atoms with Crippen LogP contribution in [0.3, 0.4) is 0 Å². The quantitative estimate of drug-likeness (QED) is 0.128. The number of alkyl halides is 4. The van der Waals surface area contributed by atoms with Gasteiger partial charge in [-0.1, -0.05) is 196 Å². The van der Waals surface area contributed by atoms with Crippen molar-refractivity contribution in [2.24, 2.45) is 17.8 Å². The Labute approximate surface area is 364 Å². The number of hydrogen-bond acceptors (Lipinski definition) is 2. The third-order valence-corrected chi connectivity index (χ3v) is 12.0. The summed E-state index contributed by atoms with van der Waals surface area (Å²) >= 11 is 0. The summed E-state index contributed by atoms with van der Waals surface area (Å²) in [6.07, 6.45) is 3.33. The van der Waals surface area contributed by atoms with Gasteiger partial charge in [0.15, 0.2) is 0 Å². The Morgan fingerprint density at radius 1 is 0.323 bits per heavy atom. The molecule has 2 aliphatic rings. The van der Waals surface area contributed by atoms with Crippen LogP contribution >= 0.6 is 0 Å². The van der Waals surface area contributed by atoms with Crippen molar-refractivity contribution in [1.29, 1.82) is 0 Å². The van der Waals surface area contributed by atoms with Crippen LogP contribution in [-0.4, -0.2) is 6.11 Å². The molecule has 7 aromatic carbocycles. The van der Waals surface area contributed by atoms with E-state index in [9.17, 15) is 17.6 Å². The maximum atomic E-state index is 14.3. The average molecular weight is 835 g/mol. The molecule has 0 bridgehead atoms. The van der Waals surface area contributed by atoms with E-state index in [0.29, 0.717) is 18.8 Å². The number of benzene rings is 7. The molecule has 0 spiro atoms. The van der Waals surface area contributed by atoms with Crippen molar-refractivity contribution >= 4 is 0 Å². The molecule has 0 N–H and O–H groups in total. The van der Waals surface area contributed by atoms with Crippen molar-refractivity contribution in [1.82, 2.24) is 0 Å². The molecule has 7 aromatic rings. The first-order chi connectivity index (χ1) is 30.2. The van der Waals surface area contributed by atoms with Gasteiger partial charge in [-0.15, -0.1) is 0 Å². The molecule has 2 fully saturated rings. The van der Waals surface area contributed by atoms with Gasteiger partial charge in [0.2, 0.25) is 0 Å². The number of para-hydroxylation sites is 2. The maximum absolute atomic E-state index is 14.3. The van der Waals surface area contributed by atoms with E-state index in [1.165, 1.54) is 78.6 Å². The van der Waals surface area contributed by atoms with Crippen molar-refractivity contribution in [2.45, 2.75) is 70.0 Å². The van der Waals surface area contributed by atoms with E-state index >= 15 is 0 Å². The Bertz CT molecular complexity index is 2250. The average Bonchev–Trinajstić information content (AvgIpc) is 3.34. The minimum absolute atomic E-state index is 0.139. The van der Waals surface area contributed by atoms with Crippen LogP contribution in [0.15, 0.2) is 200 Å². The minimum atomic E-state index is -3.36. The van der Waals surface area contributed by atoms with Crippen LogP contribution in [0.5, 0.6) is 11.5 Å². The van der Waals surface area contributed by atoms with Gasteiger partial charge in [-0.3, -0.25) is 0 Å². The number of ether oxygens (including phenoxy) is 2. The summed E-state index contributed by atoms with van der Waals surface area (Å²) in [5, 5.41) is 0. The van der Waals surface area contributed by atoms with Crippen LogP contribution < -0.4 is 9.47 Å². The predicted octanol–water partition coefficient (Wildman–Crippen LogP) is 16.5. The molecule has 6 heteroatoms. The number of hydrogen-bond donors (Lipinski definition) is 0. The van der Waals surface area contributed by atoms with Crippen LogP contribution in [-0.2, 0) is 6.11 Å². The Hall–Kier alpha value is -6.14. The summed E-state index contributed by atoms with van der Waals surface area (Å²) in [5.41, 5.74) is 6.75. The largest absolute Gasteiger partial charge is 0.432 e. The summed E-state index contributed by atoms with van der Waals surface area (Å²) in [5.74, 6) is 1.23. The van der Waals surface area contributed by atoms with E-state index in [0.717, 1.165) is 29.9 Å². The molecule has 9 rings (SSSR count). The molecule has 0 aliphatic heterocycles. The standard InChI is InChI=1S/C19H26F2O.C19H14F2O.C18H14/c2*20-19(21,22-18-9-5-2-6-10-18)17-13-11-16(12-14-17)15-7-3-1-4-8-15;1-3-7-15(8-4-1)17-11-13-18(14-12-17)16-9-5-2-6-10-16/h2,5-6,9-10,15-17H,1,3-4,7-8,11-14H2;1-14H;1-14H. The molecule has 0 aromatic heterocycles. The number of rotatable bonds is 10. The zero-order valence-electron chi connectivity index (χ0n) is 35.0. The van der Waals surface area contributed by atoms with Gasteiger partial charge < -0.3 is 9.47 Å². The van der Waals surface area contributed by atoms with Crippen LogP contribution in [0.4, 0.5) is 17.6 Å². The van der Waals surface area contributed by atoms with Gasteiger partial charge in [-0.05, 0) is 107 Å². The molecule has 0 unspecified atom stereocenters. The van der Waals surface area contributed by atoms with Gasteiger partial charge in [-0.2, -0.15) is 17.6 Å². The molecule has 318 valence electrons. The first-order valence-corrected chi connectivity index (χ1v) is 21.8. The summed E-state index contributed by atoms with van der Waals surface area (Å²) in [6, 6.07) is 61.9. The number of halogens is 4. The molecule has 2 saturated carbocycles. The third kappa shape index (κ3) is 12.5. The van der Waals surface area contributed by atoms with Gasteiger partial charge in [-0.25, -0.2) is 0 Å². The first kappa shape index (κ1) is 43.9. The van der Waals surface area contributed by atoms with Crippen molar-refractivity contribution in [3.8, 4) is 44.9 Å². The molecular weight excluding hydrogens is 781 g/mol. The second-order valence-corrected chi connectivity index (χ2v) is 16.2. The molecule has 2 nitrogen and oxygen atoms in total. The smallest absolute Gasteiger partial charge is 0.426 e. The lowest BCUT2D eigenvalue weighted by Gasteiger charge is -2.37. The molecule has 2 aliphatic carbocycles. The summed E-state index contributed by atoms with van der Waals surface area (Å²) < 4.78 is 66.8. The molecule has 0 heterocycles. The SMILES string of the molecule is FC(F)(Oc1ccccc1)C1CCC(C2CCCCC2)CC1.FC(F)(Oc1ccccc1)c1ccc(-c2ccccc2)cc1.c1ccc(-c2ccc(-c3ccccc3)cc2)cc1. The van der Waals surface area contributed by atoms with Gasteiger partial charge in [0.25, 0.3) is 0 Å². The second-order valence-electron chi connectivity index (χ2n) is 16.2. The monoisotopic (exact) mass is 834 g/mol. The van der Waals surface area contributed by atoms with Crippen molar-refractivity contribution in [3.63, 3.8) is 0 Å². The topological polar surface area (TPSA) is 18.5 Å². The van der Waals surface area contributed by atoms with E-state index in [-0.39, 0.29) is 17.1 Å². The molecule has 62 heavy (non-hydrogen) atoms. The summed E-state index contributed by atoms with van der Waals surface area (Å²) in [4.78, 5) is 0. The van der Waals surface area contributed by atoms with E-state index in [4.69, 9.17) is 9.47 Å². The molecule has 0 radical (unpaired) electrons. The molecule has 0 saturated heterocycles. The normalized spacial score (nSPS) is 16.7. The highest BCUT2D eigenvalue weighted by molar-refractivity contribution is 5.70. The van der Waals surface area contributed by atoms with Crippen LogP contribution in [0, 0.1) is 17.8 Å². The summed E-state index contributed by atoms with van der Waals surface area (Å²) in [6.45, 7) is 0. The fourth-order valence-electron chi connectivity index (χ4n) is 8.56. The summed E-state index contributed by atoms with van der Waals surface area (Å²) in [7, 11) is 0. The Kier molecular flexibility index (Phi) is 15.3. The highest BCUT2D eigenvalue weighted by Gasteiger charge is 2.45. The lowest BCUT2D eigenvalue weighted by atomic mass is 9.71. The lowest BCUT2D eigenvalue weighted by Crippen LogP contribution is -2.38. The fraction of sp³-hybridized carbons (Fsp3) is 0.250.